The summed E-state index contributed by atoms with van der Waals surface area (Å²) in [6, 6.07) is 8.12. The van der Waals surface area contributed by atoms with Crippen molar-refractivity contribution in [3.63, 3.8) is 0 Å². The zero-order valence-electron chi connectivity index (χ0n) is 10.5. The van der Waals surface area contributed by atoms with E-state index in [0.29, 0.717) is 11.3 Å². The standard InChI is InChI=1S/C13H15NO6/c14-6-8-1-3-9(4-2-8)19-11-5-10(16)12(17)13(18,7-15)20-11/h1-4,10-12,15-18H,5,7H2. The van der Waals surface area contributed by atoms with Crippen molar-refractivity contribution in [1.82, 2.24) is 0 Å². The second-order valence-electron chi connectivity index (χ2n) is 4.55. The lowest BCUT2D eigenvalue weighted by molar-refractivity contribution is -0.360. The van der Waals surface area contributed by atoms with Crippen LogP contribution in [-0.4, -0.2) is 51.3 Å². The number of nitriles is 1. The molecule has 0 aromatic heterocycles. The van der Waals surface area contributed by atoms with Crippen molar-refractivity contribution >= 4 is 0 Å². The minimum Gasteiger partial charge on any atom is -0.465 e. The Hall–Kier alpha value is -1.69. The highest BCUT2D eigenvalue weighted by Crippen LogP contribution is 2.29. The second kappa shape index (κ2) is 5.75. The molecule has 0 radical (unpaired) electrons. The summed E-state index contributed by atoms with van der Waals surface area (Å²) >= 11 is 0. The van der Waals surface area contributed by atoms with Gasteiger partial charge < -0.3 is 29.9 Å². The Labute approximate surface area is 115 Å². The lowest BCUT2D eigenvalue weighted by Crippen LogP contribution is -2.60. The molecule has 4 N–H and O–H groups in total. The van der Waals surface area contributed by atoms with Crippen LogP contribution in [0.4, 0.5) is 0 Å². The van der Waals surface area contributed by atoms with Crippen LogP contribution in [0.15, 0.2) is 24.3 Å². The van der Waals surface area contributed by atoms with Crippen LogP contribution >= 0.6 is 0 Å². The molecule has 1 aliphatic rings. The number of hydrogen-bond acceptors (Lipinski definition) is 7. The molecule has 7 nitrogen and oxygen atoms in total. The van der Waals surface area contributed by atoms with Gasteiger partial charge in [0, 0.05) is 6.42 Å². The maximum atomic E-state index is 9.84. The topological polar surface area (TPSA) is 123 Å². The number of aliphatic hydroxyl groups is 4. The van der Waals surface area contributed by atoms with Gasteiger partial charge in [0.05, 0.1) is 24.3 Å². The summed E-state index contributed by atoms with van der Waals surface area (Å²) in [4.78, 5) is 0. The Morgan fingerprint density at radius 2 is 2.00 bits per heavy atom. The molecule has 108 valence electrons. The minimum absolute atomic E-state index is 0.0660. The number of nitrogens with zero attached hydrogens (tertiary/aromatic N) is 1. The predicted molar refractivity (Wildman–Crippen MR) is 65.3 cm³/mol. The fourth-order valence-electron chi connectivity index (χ4n) is 1.93. The van der Waals surface area contributed by atoms with Crippen LogP contribution in [-0.2, 0) is 4.74 Å². The maximum absolute atomic E-state index is 9.84. The molecule has 0 spiro atoms. The SMILES string of the molecule is N#Cc1ccc(OC2CC(O)C(O)C(O)(CO)O2)cc1. The van der Waals surface area contributed by atoms with Crippen molar-refractivity contribution in [3.8, 4) is 11.8 Å². The van der Waals surface area contributed by atoms with Crippen molar-refractivity contribution in [2.75, 3.05) is 6.61 Å². The Balaban J connectivity index is 2.07. The third-order valence-corrected chi connectivity index (χ3v) is 3.07. The third kappa shape index (κ3) is 2.90. The van der Waals surface area contributed by atoms with Gasteiger partial charge in [-0.15, -0.1) is 0 Å². The molecular weight excluding hydrogens is 266 g/mol. The third-order valence-electron chi connectivity index (χ3n) is 3.07. The number of hydrogen-bond donors (Lipinski definition) is 4. The summed E-state index contributed by atoms with van der Waals surface area (Å²) in [6.07, 6.45) is -4.00. The van der Waals surface area contributed by atoms with Gasteiger partial charge >= 0.3 is 0 Å². The first-order chi connectivity index (χ1) is 9.48. The van der Waals surface area contributed by atoms with Crippen LogP contribution in [0.2, 0.25) is 0 Å². The van der Waals surface area contributed by atoms with Crippen LogP contribution in [0.3, 0.4) is 0 Å². The molecule has 4 atom stereocenters. The van der Waals surface area contributed by atoms with Crippen molar-refractivity contribution in [2.24, 2.45) is 0 Å². The predicted octanol–water partition coefficient (Wildman–Crippen LogP) is -0.914. The van der Waals surface area contributed by atoms with Gasteiger partial charge in [-0.3, -0.25) is 0 Å². The molecule has 0 aliphatic carbocycles. The lowest BCUT2D eigenvalue weighted by Gasteiger charge is -2.41. The molecular formula is C13H15NO6. The molecule has 1 aliphatic heterocycles. The first-order valence-electron chi connectivity index (χ1n) is 6.02. The van der Waals surface area contributed by atoms with Crippen molar-refractivity contribution < 1.29 is 29.9 Å². The van der Waals surface area contributed by atoms with E-state index >= 15 is 0 Å². The lowest BCUT2D eigenvalue weighted by atomic mass is 9.99. The molecule has 0 bridgehead atoms. The Kier molecular flexibility index (Phi) is 4.23. The highest BCUT2D eigenvalue weighted by Gasteiger charge is 2.48. The number of rotatable bonds is 3. The molecule has 1 aromatic carbocycles. The van der Waals surface area contributed by atoms with E-state index in [1.807, 2.05) is 6.07 Å². The van der Waals surface area contributed by atoms with Crippen LogP contribution in [0.5, 0.6) is 5.75 Å². The summed E-state index contributed by atoms with van der Waals surface area (Å²) < 4.78 is 10.5. The quantitative estimate of drug-likeness (QED) is 0.565. The summed E-state index contributed by atoms with van der Waals surface area (Å²) in [5.74, 6) is -1.90. The molecule has 20 heavy (non-hydrogen) atoms. The first-order valence-corrected chi connectivity index (χ1v) is 6.02. The van der Waals surface area contributed by atoms with Crippen LogP contribution in [0, 0.1) is 11.3 Å². The fraction of sp³-hybridized carbons (Fsp3) is 0.462. The van der Waals surface area contributed by atoms with E-state index in [-0.39, 0.29) is 6.42 Å². The van der Waals surface area contributed by atoms with Gasteiger partial charge in [0.15, 0.2) is 0 Å². The molecule has 4 unspecified atom stereocenters. The second-order valence-corrected chi connectivity index (χ2v) is 4.55. The summed E-state index contributed by atoms with van der Waals surface area (Å²) in [5.41, 5.74) is 0.462. The molecule has 1 heterocycles. The van der Waals surface area contributed by atoms with Gasteiger partial charge in [-0.25, -0.2) is 0 Å². The van der Waals surface area contributed by atoms with Crippen molar-refractivity contribution in [3.05, 3.63) is 29.8 Å². The van der Waals surface area contributed by atoms with Crippen molar-refractivity contribution in [1.29, 1.82) is 5.26 Å². The fourth-order valence-corrected chi connectivity index (χ4v) is 1.93. The average molecular weight is 281 g/mol. The molecule has 1 saturated heterocycles. The zero-order chi connectivity index (χ0) is 14.8. The van der Waals surface area contributed by atoms with Gasteiger partial charge in [0.25, 0.3) is 0 Å². The molecule has 1 aromatic rings. The summed E-state index contributed by atoms with van der Waals surface area (Å²) in [5, 5.41) is 46.8. The Bertz CT molecular complexity index is 499. The van der Waals surface area contributed by atoms with Gasteiger partial charge in [-0.05, 0) is 24.3 Å². The van der Waals surface area contributed by atoms with Gasteiger partial charge in [0.1, 0.15) is 11.9 Å². The van der Waals surface area contributed by atoms with Gasteiger partial charge in [0.2, 0.25) is 12.1 Å². The Morgan fingerprint density at radius 1 is 1.35 bits per heavy atom. The van der Waals surface area contributed by atoms with Crippen LogP contribution < -0.4 is 4.74 Å². The van der Waals surface area contributed by atoms with Gasteiger partial charge in [-0.2, -0.15) is 5.26 Å². The molecule has 7 heteroatoms. The minimum atomic E-state index is -2.27. The van der Waals surface area contributed by atoms with Gasteiger partial charge in [-0.1, -0.05) is 0 Å². The highest BCUT2D eigenvalue weighted by atomic mass is 16.8. The average Bonchev–Trinajstić information content (AvgIpc) is 2.45. The van der Waals surface area contributed by atoms with E-state index in [1.165, 1.54) is 12.1 Å². The summed E-state index contributed by atoms with van der Waals surface area (Å²) in [6.45, 7) is -0.877. The van der Waals surface area contributed by atoms with E-state index in [0.717, 1.165) is 0 Å². The molecule has 2 rings (SSSR count). The van der Waals surface area contributed by atoms with E-state index < -0.39 is 30.9 Å². The smallest absolute Gasteiger partial charge is 0.221 e. The van der Waals surface area contributed by atoms with E-state index in [1.54, 1.807) is 12.1 Å². The zero-order valence-corrected chi connectivity index (χ0v) is 10.5. The molecule has 0 saturated carbocycles. The Morgan fingerprint density at radius 3 is 2.55 bits per heavy atom. The van der Waals surface area contributed by atoms with E-state index in [2.05, 4.69) is 0 Å². The number of aliphatic hydroxyl groups excluding tert-OH is 3. The number of ether oxygens (including phenoxy) is 2. The molecule has 1 fully saturated rings. The first kappa shape index (κ1) is 14.7. The molecule has 0 amide bonds. The largest absolute Gasteiger partial charge is 0.465 e. The normalized spacial score (nSPS) is 33.5. The monoisotopic (exact) mass is 281 g/mol. The van der Waals surface area contributed by atoms with E-state index in [4.69, 9.17) is 19.8 Å². The van der Waals surface area contributed by atoms with Crippen molar-refractivity contribution in [2.45, 2.75) is 30.7 Å². The maximum Gasteiger partial charge on any atom is 0.221 e. The van der Waals surface area contributed by atoms with Crippen LogP contribution in [0.1, 0.15) is 12.0 Å². The number of benzene rings is 1. The van der Waals surface area contributed by atoms with Crippen LogP contribution in [0.25, 0.3) is 0 Å². The van der Waals surface area contributed by atoms with E-state index in [9.17, 15) is 15.3 Å². The summed E-state index contributed by atoms with van der Waals surface area (Å²) in [7, 11) is 0. The highest BCUT2D eigenvalue weighted by molar-refractivity contribution is 5.34.